The molecule has 0 heterocycles. The van der Waals surface area contributed by atoms with Crippen LogP contribution in [0.15, 0.2) is 18.2 Å². The normalized spacial score (nSPS) is 8.70. The molecule has 0 atom stereocenters. The number of benzene rings is 1. The molecule has 0 bridgehead atoms. The Kier molecular flexibility index (Phi) is 2.96. The summed E-state index contributed by atoms with van der Waals surface area (Å²) in [5, 5.41) is 0. The summed E-state index contributed by atoms with van der Waals surface area (Å²) < 4.78 is 24.6. The fourth-order valence-electron chi connectivity index (χ4n) is 0.612. The second-order valence-corrected chi connectivity index (χ2v) is 1.87. The Hall–Kier alpha value is -0.960. The first kappa shape index (κ1) is 9.04. The van der Waals surface area contributed by atoms with Crippen molar-refractivity contribution in [1.29, 1.82) is 0 Å². The maximum Gasteiger partial charge on any atom is 0.161 e. The van der Waals surface area contributed by atoms with Crippen LogP contribution >= 0.6 is 0 Å². The molecule has 56 valence electrons. The van der Waals surface area contributed by atoms with Gasteiger partial charge in [0.15, 0.2) is 11.6 Å². The first-order valence-corrected chi connectivity index (χ1v) is 2.62. The third-order valence-electron chi connectivity index (χ3n) is 1.14. The molecule has 1 rings (SSSR count). The lowest BCUT2D eigenvalue weighted by Crippen LogP contribution is -1.85. The molecule has 1 aromatic carbocycles. The van der Waals surface area contributed by atoms with Gasteiger partial charge in [0.1, 0.15) is 0 Å². The standard InChI is InChI=1S/C7H6F2.H3N/c1-5-3-2-4-6(8)7(5)9;/h2-4H,1H3;1H3. The Labute approximate surface area is 58.3 Å². The molecule has 1 aromatic rings. The molecule has 0 spiro atoms. The maximum absolute atomic E-state index is 12.4. The molecule has 1 nitrogen and oxygen atoms in total. The van der Waals surface area contributed by atoms with Gasteiger partial charge in [0.05, 0.1) is 0 Å². The van der Waals surface area contributed by atoms with E-state index in [1.54, 1.807) is 0 Å². The van der Waals surface area contributed by atoms with Crippen LogP contribution in [-0.4, -0.2) is 0 Å². The van der Waals surface area contributed by atoms with Crippen LogP contribution in [0.1, 0.15) is 5.56 Å². The molecular formula is C7H9F2N. The summed E-state index contributed by atoms with van der Waals surface area (Å²) >= 11 is 0. The zero-order valence-corrected chi connectivity index (χ0v) is 5.70. The lowest BCUT2D eigenvalue weighted by Gasteiger charge is -1.93. The van der Waals surface area contributed by atoms with Gasteiger partial charge < -0.3 is 6.15 Å². The summed E-state index contributed by atoms with van der Waals surface area (Å²) in [6, 6.07) is 4.11. The number of hydrogen-bond donors (Lipinski definition) is 1. The van der Waals surface area contributed by atoms with Crippen LogP contribution < -0.4 is 6.15 Å². The minimum atomic E-state index is -0.782. The van der Waals surface area contributed by atoms with E-state index in [2.05, 4.69) is 0 Å². The van der Waals surface area contributed by atoms with Crippen LogP contribution in [0.25, 0.3) is 0 Å². The van der Waals surface area contributed by atoms with Crippen molar-refractivity contribution in [3.05, 3.63) is 35.4 Å². The number of aryl methyl sites for hydroxylation is 1. The SMILES string of the molecule is Cc1cccc(F)c1F.N. The van der Waals surface area contributed by atoms with E-state index < -0.39 is 11.6 Å². The summed E-state index contributed by atoms with van der Waals surface area (Å²) in [6.45, 7) is 1.53. The van der Waals surface area contributed by atoms with Gasteiger partial charge in [-0.2, -0.15) is 0 Å². The largest absolute Gasteiger partial charge is 0.344 e. The van der Waals surface area contributed by atoms with E-state index in [1.165, 1.54) is 19.1 Å². The zero-order chi connectivity index (χ0) is 6.85. The molecule has 0 aliphatic rings. The molecule has 10 heavy (non-hydrogen) atoms. The Morgan fingerprint density at radius 1 is 1.20 bits per heavy atom. The molecule has 3 heteroatoms. The number of hydrogen-bond acceptors (Lipinski definition) is 1. The van der Waals surface area contributed by atoms with Crippen molar-refractivity contribution in [1.82, 2.24) is 6.15 Å². The smallest absolute Gasteiger partial charge is 0.161 e. The third kappa shape index (κ3) is 1.51. The highest BCUT2D eigenvalue weighted by molar-refractivity contribution is 5.16. The molecule has 3 N–H and O–H groups in total. The van der Waals surface area contributed by atoms with Gasteiger partial charge in [0.25, 0.3) is 0 Å². The lowest BCUT2D eigenvalue weighted by molar-refractivity contribution is 0.503. The molecule has 0 unspecified atom stereocenters. The highest BCUT2D eigenvalue weighted by Crippen LogP contribution is 2.08. The Balaban J connectivity index is 0.000000810. The lowest BCUT2D eigenvalue weighted by atomic mass is 10.2. The molecule has 0 saturated carbocycles. The predicted octanol–water partition coefficient (Wildman–Crippen LogP) is 2.44. The summed E-state index contributed by atoms with van der Waals surface area (Å²) in [4.78, 5) is 0. The van der Waals surface area contributed by atoms with Gasteiger partial charge in [-0.05, 0) is 18.6 Å². The average Bonchev–Trinajstić information content (AvgIpc) is 1.83. The molecule has 0 radical (unpaired) electrons. The first-order valence-electron chi connectivity index (χ1n) is 2.62. The van der Waals surface area contributed by atoms with E-state index in [1.807, 2.05) is 0 Å². The molecule has 0 fully saturated rings. The van der Waals surface area contributed by atoms with Crippen LogP contribution in [-0.2, 0) is 0 Å². The summed E-state index contributed by atoms with van der Waals surface area (Å²) in [6.07, 6.45) is 0. The average molecular weight is 145 g/mol. The van der Waals surface area contributed by atoms with Crippen molar-refractivity contribution in [2.75, 3.05) is 0 Å². The van der Waals surface area contributed by atoms with Crippen molar-refractivity contribution in [3.63, 3.8) is 0 Å². The van der Waals surface area contributed by atoms with E-state index in [-0.39, 0.29) is 6.15 Å². The summed E-state index contributed by atoms with van der Waals surface area (Å²) in [7, 11) is 0. The Morgan fingerprint density at radius 3 is 2.20 bits per heavy atom. The fraction of sp³-hybridized carbons (Fsp3) is 0.143. The van der Waals surface area contributed by atoms with Gasteiger partial charge in [0, 0.05) is 0 Å². The van der Waals surface area contributed by atoms with Crippen LogP contribution in [0.3, 0.4) is 0 Å². The molecular weight excluding hydrogens is 136 g/mol. The number of halogens is 2. The van der Waals surface area contributed by atoms with Crippen LogP contribution in [0.4, 0.5) is 8.78 Å². The van der Waals surface area contributed by atoms with Crippen molar-refractivity contribution in [2.24, 2.45) is 0 Å². The van der Waals surface area contributed by atoms with Gasteiger partial charge in [0.2, 0.25) is 0 Å². The monoisotopic (exact) mass is 145 g/mol. The van der Waals surface area contributed by atoms with E-state index in [0.29, 0.717) is 5.56 Å². The highest BCUT2D eigenvalue weighted by atomic mass is 19.2. The van der Waals surface area contributed by atoms with Crippen LogP contribution in [0.5, 0.6) is 0 Å². The van der Waals surface area contributed by atoms with Crippen molar-refractivity contribution < 1.29 is 8.78 Å². The minimum Gasteiger partial charge on any atom is -0.344 e. The van der Waals surface area contributed by atoms with Gasteiger partial charge in [-0.3, -0.25) is 0 Å². The second-order valence-electron chi connectivity index (χ2n) is 1.87. The van der Waals surface area contributed by atoms with Crippen molar-refractivity contribution in [3.8, 4) is 0 Å². The van der Waals surface area contributed by atoms with E-state index in [0.717, 1.165) is 6.07 Å². The quantitative estimate of drug-likeness (QED) is 0.597. The van der Waals surface area contributed by atoms with Crippen LogP contribution in [0.2, 0.25) is 0 Å². The number of rotatable bonds is 0. The minimum absolute atomic E-state index is 0. The zero-order valence-electron chi connectivity index (χ0n) is 5.70. The molecule has 0 aromatic heterocycles. The molecule has 0 aliphatic heterocycles. The van der Waals surface area contributed by atoms with Gasteiger partial charge in [-0.15, -0.1) is 0 Å². The maximum atomic E-state index is 12.4. The molecule has 0 aliphatic carbocycles. The van der Waals surface area contributed by atoms with Gasteiger partial charge in [-0.1, -0.05) is 12.1 Å². The molecule has 0 saturated heterocycles. The summed E-state index contributed by atoms with van der Waals surface area (Å²) in [5.74, 6) is -1.53. The van der Waals surface area contributed by atoms with E-state index in [9.17, 15) is 8.78 Å². The van der Waals surface area contributed by atoms with Gasteiger partial charge >= 0.3 is 0 Å². The Morgan fingerprint density at radius 2 is 1.80 bits per heavy atom. The topological polar surface area (TPSA) is 35.0 Å². The second kappa shape index (κ2) is 3.27. The summed E-state index contributed by atoms with van der Waals surface area (Å²) in [5.41, 5.74) is 0.343. The predicted molar refractivity (Wildman–Crippen MR) is 36.1 cm³/mol. The van der Waals surface area contributed by atoms with Crippen LogP contribution in [0, 0.1) is 18.6 Å². The third-order valence-corrected chi connectivity index (χ3v) is 1.14. The van der Waals surface area contributed by atoms with Crippen molar-refractivity contribution >= 4 is 0 Å². The van der Waals surface area contributed by atoms with E-state index >= 15 is 0 Å². The molecule has 0 amide bonds. The van der Waals surface area contributed by atoms with Crippen molar-refractivity contribution in [2.45, 2.75) is 6.92 Å². The first-order chi connectivity index (χ1) is 4.22. The fourth-order valence-corrected chi connectivity index (χ4v) is 0.612. The highest BCUT2D eigenvalue weighted by Gasteiger charge is 2.00. The Bertz CT molecular complexity index is 203. The van der Waals surface area contributed by atoms with Gasteiger partial charge in [-0.25, -0.2) is 8.78 Å². The van der Waals surface area contributed by atoms with E-state index in [4.69, 9.17) is 0 Å².